The van der Waals surface area contributed by atoms with Crippen molar-refractivity contribution < 1.29 is 27.8 Å². The number of halogens is 4. The second kappa shape index (κ2) is 5.04. The molecule has 0 aliphatic heterocycles. The number of pyridine rings is 1. The van der Waals surface area contributed by atoms with Crippen LogP contribution in [0.1, 0.15) is 16.1 Å². The molecule has 5 nitrogen and oxygen atoms in total. The van der Waals surface area contributed by atoms with Crippen molar-refractivity contribution >= 4 is 28.6 Å². The molecule has 0 bridgehead atoms. The summed E-state index contributed by atoms with van der Waals surface area (Å²) in [6.45, 7) is -0.287. The summed E-state index contributed by atoms with van der Waals surface area (Å²) in [5.74, 6) is -1.92. The Kier molecular flexibility index (Phi) is 4.14. The molecule has 17 heavy (non-hydrogen) atoms. The molecule has 0 saturated heterocycles. The highest BCUT2D eigenvalue weighted by atomic mass is 127. The van der Waals surface area contributed by atoms with Gasteiger partial charge in [-0.3, -0.25) is 0 Å². The molecule has 94 valence electrons. The highest BCUT2D eigenvalue weighted by molar-refractivity contribution is 14.1. The fourth-order valence-corrected chi connectivity index (χ4v) is 1.75. The summed E-state index contributed by atoms with van der Waals surface area (Å²) in [6.07, 6.45) is -4.88. The molecule has 1 aromatic rings. The van der Waals surface area contributed by atoms with E-state index in [4.69, 9.17) is 10.8 Å². The van der Waals surface area contributed by atoms with Gasteiger partial charge in [-0.25, -0.2) is 9.78 Å². The zero-order valence-electron chi connectivity index (χ0n) is 8.08. The van der Waals surface area contributed by atoms with Gasteiger partial charge in [-0.05, 0) is 28.7 Å². The van der Waals surface area contributed by atoms with E-state index in [9.17, 15) is 18.0 Å². The summed E-state index contributed by atoms with van der Waals surface area (Å²) in [6, 6.07) is 0.950. The minimum absolute atomic E-state index is 0.0703. The Morgan fingerprint density at radius 1 is 1.59 bits per heavy atom. The third-order valence-corrected chi connectivity index (χ3v) is 2.40. The summed E-state index contributed by atoms with van der Waals surface area (Å²) >= 11 is 1.45. The molecule has 0 atom stereocenters. The Bertz CT molecular complexity index is 450. The second-order valence-electron chi connectivity index (χ2n) is 2.84. The first kappa shape index (κ1) is 14.0. The van der Waals surface area contributed by atoms with Crippen LogP contribution in [-0.2, 0) is 6.54 Å². The van der Waals surface area contributed by atoms with Crippen molar-refractivity contribution in [1.82, 2.24) is 4.98 Å². The summed E-state index contributed by atoms with van der Waals surface area (Å²) in [5, 5.41) is 8.68. The normalized spacial score (nSPS) is 11.4. The molecule has 0 fully saturated rings. The zero-order valence-corrected chi connectivity index (χ0v) is 10.2. The van der Waals surface area contributed by atoms with E-state index in [2.05, 4.69) is 9.72 Å². The maximum absolute atomic E-state index is 12.1. The first-order valence-electron chi connectivity index (χ1n) is 4.13. The lowest BCUT2D eigenvalue weighted by atomic mass is 10.2. The second-order valence-corrected chi connectivity index (χ2v) is 3.87. The van der Waals surface area contributed by atoms with Crippen LogP contribution in [0.5, 0.6) is 5.75 Å². The first-order chi connectivity index (χ1) is 7.74. The van der Waals surface area contributed by atoms with Gasteiger partial charge in [0.25, 0.3) is 0 Å². The van der Waals surface area contributed by atoms with Gasteiger partial charge in [-0.15, -0.1) is 13.2 Å². The molecular formula is C8H6F3IN2O3. The monoisotopic (exact) mass is 362 g/mol. The molecule has 0 spiro atoms. The van der Waals surface area contributed by atoms with Gasteiger partial charge in [0.15, 0.2) is 5.75 Å². The van der Waals surface area contributed by atoms with Crippen LogP contribution in [0.15, 0.2) is 6.07 Å². The quantitative estimate of drug-likeness (QED) is 0.632. The fraction of sp³-hybridized carbons (Fsp3) is 0.250. The Hall–Kier alpha value is -1.10. The van der Waals surface area contributed by atoms with Gasteiger partial charge in [0.2, 0.25) is 0 Å². The van der Waals surface area contributed by atoms with Crippen molar-refractivity contribution in [2.24, 2.45) is 5.73 Å². The van der Waals surface area contributed by atoms with E-state index in [1.54, 1.807) is 0 Å². The van der Waals surface area contributed by atoms with Crippen molar-refractivity contribution in [3.8, 4) is 5.75 Å². The molecule has 0 saturated carbocycles. The highest BCUT2D eigenvalue weighted by Crippen LogP contribution is 2.30. The molecule has 3 N–H and O–H groups in total. The third-order valence-electron chi connectivity index (χ3n) is 1.67. The Labute approximate surface area is 107 Å². The number of ether oxygens (including phenoxy) is 1. The van der Waals surface area contributed by atoms with Crippen LogP contribution in [0.2, 0.25) is 0 Å². The number of hydrogen-bond acceptors (Lipinski definition) is 4. The van der Waals surface area contributed by atoms with Crippen molar-refractivity contribution in [2.45, 2.75) is 12.9 Å². The maximum Gasteiger partial charge on any atom is 0.573 e. The van der Waals surface area contributed by atoms with Crippen LogP contribution in [0.3, 0.4) is 0 Å². The van der Waals surface area contributed by atoms with Gasteiger partial charge in [-0.1, -0.05) is 0 Å². The zero-order chi connectivity index (χ0) is 13.2. The smallest absolute Gasteiger partial charge is 0.477 e. The average molecular weight is 362 g/mol. The molecule has 0 unspecified atom stereocenters. The molecule has 1 aromatic heterocycles. The number of carboxylic acids is 1. The number of alkyl halides is 3. The van der Waals surface area contributed by atoms with E-state index in [-0.39, 0.29) is 21.5 Å². The van der Waals surface area contributed by atoms with Crippen molar-refractivity contribution in [3.05, 3.63) is 21.0 Å². The number of nitrogens with two attached hydrogens (primary N) is 1. The summed E-state index contributed by atoms with van der Waals surface area (Å²) in [7, 11) is 0. The standard InChI is InChI=1S/C8H6F3IN2O3/c9-8(10,11)17-5-3(2-13)1-4(7(15)16)14-6(5)12/h1H,2,13H2,(H,15,16). The number of nitrogens with zero attached hydrogens (tertiary/aromatic N) is 1. The molecular weight excluding hydrogens is 356 g/mol. The number of aromatic nitrogens is 1. The predicted molar refractivity (Wildman–Crippen MR) is 58.5 cm³/mol. The SMILES string of the molecule is NCc1cc(C(=O)O)nc(I)c1OC(F)(F)F. The van der Waals surface area contributed by atoms with Gasteiger partial charge in [0.05, 0.1) is 0 Å². The molecule has 1 heterocycles. The van der Waals surface area contributed by atoms with Gasteiger partial charge in [-0.2, -0.15) is 0 Å². The minimum Gasteiger partial charge on any atom is -0.477 e. The van der Waals surface area contributed by atoms with Gasteiger partial charge >= 0.3 is 12.3 Å². The van der Waals surface area contributed by atoms with Crippen molar-refractivity contribution in [1.29, 1.82) is 0 Å². The fourth-order valence-electron chi connectivity index (χ4n) is 1.04. The predicted octanol–water partition coefficient (Wildman–Crippen LogP) is 1.74. The van der Waals surface area contributed by atoms with E-state index < -0.39 is 18.1 Å². The molecule has 0 aliphatic carbocycles. The lowest BCUT2D eigenvalue weighted by Gasteiger charge is -2.14. The van der Waals surface area contributed by atoms with Crippen LogP contribution in [0.4, 0.5) is 13.2 Å². The Balaban J connectivity index is 3.26. The molecule has 1 rings (SSSR count). The van der Waals surface area contributed by atoms with Crippen LogP contribution >= 0.6 is 22.6 Å². The number of hydrogen-bond donors (Lipinski definition) is 2. The number of carboxylic acid groups (broad SMARTS) is 1. The maximum atomic E-state index is 12.1. The van der Waals surface area contributed by atoms with E-state index in [0.717, 1.165) is 6.07 Å². The summed E-state index contributed by atoms with van der Waals surface area (Å²) in [5.41, 5.74) is 4.78. The molecule has 0 aromatic carbocycles. The van der Waals surface area contributed by atoms with E-state index >= 15 is 0 Å². The van der Waals surface area contributed by atoms with Crippen molar-refractivity contribution in [3.63, 3.8) is 0 Å². The molecule has 9 heteroatoms. The topological polar surface area (TPSA) is 85.4 Å². The Morgan fingerprint density at radius 3 is 2.59 bits per heavy atom. The molecule has 0 amide bonds. The minimum atomic E-state index is -4.88. The van der Waals surface area contributed by atoms with Crippen LogP contribution in [0.25, 0.3) is 0 Å². The third kappa shape index (κ3) is 3.70. The summed E-state index contributed by atoms with van der Waals surface area (Å²) in [4.78, 5) is 14.1. The molecule has 0 aliphatic rings. The first-order valence-corrected chi connectivity index (χ1v) is 5.21. The van der Waals surface area contributed by atoms with Gasteiger partial charge < -0.3 is 15.6 Å². The largest absolute Gasteiger partial charge is 0.573 e. The Morgan fingerprint density at radius 2 is 2.18 bits per heavy atom. The average Bonchev–Trinajstić information content (AvgIpc) is 2.18. The van der Waals surface area contributed by atoms with Crippen LogP contribution in [-0.4, -0.2) is 22.4 Å². The highest BCUT2D eigenvalue weighted by Gasteiger charge is 2.33. The number of rotatable bonds is 3. The van der Waals surface area contributed by atoms with Crippen molar-refractivity contribution in [2.75, 3.05) is 0 Å². The van der Waals surface area contributed by atoms with Crippen LogP contribution in [0, 0.1) is 3.70 Å². The summed E-state index contributed by atoms with van der Waals surface area (Å²) < 4.78 is 39.8. The van der Waals surface area contributed by atoms with Gasteiger partial charge in [0, 0.05) is 12.1 Å². The number of carbonyl (C=O) groups is 1. The van der Waals surface area contributed by atoms with E-state index in [1.165, 1.54) is 22.6 Å². The van der Waals surface area contributed by atoms with E-state index in [0.29, 0.717) is 0 Å². The number of aromatic carboxylic acids is 1. The molecule has 0 radical (unpaired) electrons. The lowest BCUT2D eigenvalue weighted by molar-refractivity contribution is -0.275. The van der Waals surface area contributed by atoms with E-state index in [1.807, 2.05) is 0 Å². The lowest BCUT2D eigenvalue weighted by Crippen LogP contribution is -2.20. The van der Waals surface area contributed by atoms with Crippen LogP contribution < -0.4 is 10.5 Å². The van der Waals surface area contributed by atoms with Gasteiger partial charge in [0.1, 0.15) is 9.39 Å².